The summed E-state index contributed by atoms with van der Waals surface area (Å²) in [7, 11) is 0. The Bertz CT molecular complexity index is 701. The molecule has 2 atom stereocenters. The van der Waals surface area contributed by atoms with Gasteiger partial charge in [-0.25, -0.2) is 4.79 Å². The zero-order valence-corrected chi connectivity index (χ0v) is 15.3. The number of carbonyl (C=O) groups excluding carboxylic acids is 1. The Morgan fingerprint density at radius 3 is 2.38 bits per heavy atom. The van der Waals surface area contributed by atoms with Gasteiger partial charge in [-0.1, -0.05) is 20.8 Å². The molecule has 5 heteroatoms. The van der Waals surface area contributed by atoms with E-state index in [0.29, 0.717) is 22.8 Å². The fraction of sp³-hybridized carbons (Fsp3) is 0.684. The summed E-state index contributed by atoms with van der Waals surface area (Å²) in [6.45, 7) is 6.19. The third kappa shape index (κ3) is 2.32. The molecule has 0 aliphatic heterocycles. The van der Waals surface area contributed by atoms with Crippen LogP contribution in [0.4, 0.5) is 5.00 Å². The van der Waals surface area contributed by atoms with Gasteiger partial charge in [0.05, 0.1) is 11.0 Å². The number of carboxylic acids is 1. The maximum absolute atomic E-state index is 13.1. The summed E-state index contributed by atoms with van der Waals surface area (Å²) in [5, 5.41) is 13.1. The Morgan fingerprint density at radius 1 is 1.21 bits per heavy atom. The molecular weight excluding hydrogens is 322 g/mol. The van der Waals surface area contributed by atoms with Crippen LogP contribution in [0.5, 0.6) is 0 Å². The van der Waals surface area contributed by atoms with Gasteiger partial charge < -0.3 is 10.4 Å². The van der Waals surface area contributed by atoms with E-state index in [2.05, 4.69) is 26.1 Å². The van der Waals surface area contributed by atoms with Gasteiger partial charge in [0.25, 0.3) is 0 Å². The van der Waals surface area contributed by atoms with Crippen molar-refractivity contribution in [1.82, 2.24) is 0 Å². The second kappa shape index (κ2) is 5.07. The minimum Gasteiger partial charge on any atom is -0.478 e. The molecule has 1 heterocycles. The highest BCUT2D eigenvalue weighted by Gasteiger charge is 2.61. The minimum absolute atomic E-state index is 0.0713. The lowest BCUT2D eigenvalue weighted by Crippen LogP contribution is -2.37. The molecule has 1 aromatic rings. The number of amides is 1. The molecule has 4 aliphatic carbocycles. The fourth-order valence-electron chi connectivity index (χ4n) is 5.41. The van der Waals surface area contributed by atoms with E-state index in [4.69, 9.17) is 0 Å². The van der Waals surface area contributed by atoms with Gasteiger partial charge in [0.2, 0.25) is 5.91 Å². The number of carboxylic acid groups (broad SMARTS) is 1. The molecule has 4 bridgehead atoms. The minimum atomic E-state index is -0.966. The predicted molar refractivity (Wildman–Crippen MR) is 94.6 cm³/mol. The van der Waals surface area contributed by atoms with Gasteiger partial charge in [-0.3, -0.25) is 4.79 Å². The summed E-state index contributed by atoms with van der Waals surface area (Å²) in [6.07, 6.45) is 5.67. The molecular formula is C19H25NO3S. The van der Waals surface area contributed by atoms with Crippen LogP contribution in [0.3, 0.4) is 0 Å². The highest BCUT2D eigenvalue weighted by atomic mass is 32.1. The van der Waals surface area contributed by atoms with Crippen molar-refractivity contribution in [3.8, 4) is 0 Å². The van der Waals surface area contributed by atoms with E-state index < -0.39 is 5.97 Å². The van der Waals surface area contributed by atoms with Crippen LogP contribution >= 0.6 is 11.3 Å². The van der Waals surface area contributed by atoms with Crippen molar-refractivity contribution >= 4 is 28.2 Å². The lowest BCUT2D eigenvalue weighted by molar-refractivity contribution is -0.127. The topological polar surface area (TPSA) is 66.4 Å². The molecule has 4 aliphatic rings. The Kier molecular flexibility index (Phi) is 3.41. The number of anilines is 1. The van der Waals surface area contributed by atoms with Crippen LogP contribution in [0, 0.1) is 23.2 Å². The van der Waals surface area contributed by atoms with E-state index in [1.165, 1.54) is 30.6 Å². The normalized spacial score (nSPS) is 33.9. The third-order valence-corrected chi connectivity index (χ3v) is 7.85. The Morgan fingerprint density at radius 2 is 1.83 bits per heavy atom. The summed E-state index contributed by atoms with van der Waals surface area (Å²) in [4.78, 5) is 25.7. The number of thiophene rings is 1. The van der Waals surface area contributed by atoms with Crippen LogP contribution in [-0.2, 0) is 10.2 Å². The van der Waals surface area contributed by atoms with Crippen molar-refractivity contribution in [3.63, 3.8) is 0 Å². The molecule has 2 N–H and O–H groups in total. The van der Waals surface area contributed by atoms with Crippen LogP contribution in [0.15, 0.2) is 6.07 Å². The van der Waals surface area contributed by atoms with Crippen molar-refractivity contribution in [2.75, 3.05) is 5.32 Å². The monoisotopic (exact) mass is 347 g/mol. The third-order valence-electron chi connectivity index (χ3n) is 6.37. The second-order valence-electron chi connectivity index (χ2n) is 9.06. The number of carbonyl (C=O) groups is 2. The SMILES string of the molecule is CC(C)(C)c1cc(C(=O)O)c(NC(=O)C23CC4CC(CC2C4)C3)s1. The van der Waals surface area contributed by atoms with Crippen molar-refractivity contribution in [2.45, 2.75) is 58.3 Å². The standard InChI is InChI=1S/C19H25NO3S/c1-18(2,3)14-7-13(16(21)22)15(24-14)20-17(23)19-8-10-4-11(9-19)6-12(19)5-10/h7,10-12H,4-6,8-9H2,1-3H3,(H,20,23)(H,21,22). The van der Waals surface area contributed by atoms with Crippen molar-refractivity contribution < 1.29 is 14.7 Å². The van der Waals surface area contributed by atoms with Crippen molar-refractivity contribution in [3.05, 3.63) is 16.5 Å². The molecule has 0 aromatic carbocycles. The van der Waals surface area contributed by atoms with Gasteiger partial charge >= 0.3 is 5.97 Å². The van der Waals surface area contributed by atoms with E-state index in [1.54, 1.807) is 6.07 Å². The number of hydrogen-bond acceptors (Lipinski definition) is 3. The average molecular weight is 347 g/mol. The number of hydrogen-bond donors (Lipinski definition) is 2. The zero-order chi connectivity index (χ0) is 17.3. The van der Waals surface area contributed by atoms with Crippen LogP contribution in [0.25, 0.3) is 0 Å². The first-order valence-corrected chi connectivity index (χ1v) is 9.70. The highest BCUT2D eigenvalue weighted by molar-refractivity contribution is 7.16. The summed E-state index contributed by atoms with van der Waals surface area (Å²) in [5.74, 6) is 1.03. The van der Waals surface area contributed by atoms with Crippen molar-refractivity contribution in [2.24, 2.45) is 23.2 Å². The molecule has 1 amide bonds. The van der Waals surface area contributed by atoms with Gasteiger partial charge in [-0.2, -0.15) is 0 Å². The van der Waals surface area contributed by atoms with E-state index >= 15 is 0 Å². The molecule has 24 heavy (non-hydrogen) atoms. The molecule has 1 aromatic heterocycles. The molecule has 130 valence electrons. The largest absolute Gasteiger partial charge is 0.478 e. The van der Waals surface area contributed by atoms with Crippen molar-refractivity contribution in [1.29, 1.82) is 0 Å². The number of rotatable bonds is 3. The van der Waals surface area contributed by atoms with Gasteiger partial charge in [-0.05, 0) is 61.3 Å². The Hall–Kier alpha value is -1.36. The van der Waals surface area contributed by atoms with E-state index in [1.807, 2.05) is 0 Å². The lowest BCUT2D eigenvalue weighted by atomic mass is 9.75. The maximum atomic E-state index is 13.1. The van der Waals surface area contributed by atoms with Crippen LogP contribution in [0.1, 0.15) is 68.1 Å². The Labute approximate surface area is 146 Å². The first-order chi connectivity index (χ1) is 11.2. The Balaban J connectivity index is 1.63. The molecule has 4 saturated carbocycles. The number of nitrogens with one attached hydrogen (secondary N) is 1. The summed E-state index contributed by atoms with van der Waals surface area (Å²) >= 11 is 1.41. The molecule has 4 nitrogen and oxygen atoms in total. The lowest BCUT2D eigenvalue weighted by Gasteiger charge is -2.31. The molecule has 0 spiro atoms. The molecule has 5 rings (SSSR count). The second-order valence-corrected chi connectivity index (χ2v) is 10.1. The fourth-order valence-corrected chi connectivity index (χ4v) is 6.51. The first-order valence-electron chi connectivity index (χ1n) is 8.88. The zero-order valence-electron chi connectivity index (χ0n) is 14.5. The van der Waals surface area contributed by atoms with E-state index in [-0.39, 0.29) is 22.3 Å². The summed E-state index contributed by atoms with van der Waals surface area (Å²) < 4.78 is 0. The van der Waals surface area contributed by atoms with Gasteiger partial charge in [0.1, 0.15) is 5.00 Å². The van der Waals surface area contributed by atoms with Crippen LogP contribution in [-0.4, -0.2) is 17.0 Å². The smallest absolute Gasteiger partial charge is 0.338 e. The molecule has 0 saturated heterocycles. The summed E-state index contributed by atoms with van der Waals surface area (Å²) in [5.41, 5.74) is -0.122. The van der Waals surface area contributed by atoms with Gasteiger partial charge in [0, 0.05) is 4.88 Å². The number of aromatic carboxylic acids is 1. The van der Waals surface area contributed by atoms with Crippen LogP contribution in [0.2, 0.25) is 0 Å². The average Bonchev–Trinajstić information content (AvgIpc) is 3.06. The van der Waals surface area contributed by atoms with Crippen LogP contribution < -0.4 is 5.32 Å². The predicted octanol–water partition coefficient (Wildman–Crippen LogP) is 4.51. The van der Waals surface area contributed by atoms with Gasteiger partial charge in [-0.15, -0.1) is 11.3 Å². The summed E-state index contributed by atoms with van der Waals surface area (Å²) in [6, 6.07) is 1.72. The van der Waals surface area contributed by atoms with E-state index in [9.17, 15) is 14.7 Å². The van der Waals surface area contributed by atoms with Gasteiger partial charge in [0.15, 0.2) is 0 Å². The highest BCUT2D eigenvalue weighted by Crippen LogP contribution is 2.65. The quantitative estimate of drug-likeness (QED) is 0.845. The molecule has 2 unspecified atom stereocenters. The maximum Gasteiger partial charge on any atom is 0.338 e. The van der Waals surface area contributed by atoms with E-state index in [0.717, 1.165) is 17.7 Å². The first kappa shape index (κ1) is 16.1. The molecule has 0 radical (unpaired) electrons. The molecule has 4 fully saturated rings.